The first-order valence-corrected chi connectivity index (χ1v) is 9.08. The smallest absolute Gasteiger partial charge is 0.133 e. The Bertz CT molecular complexity index is 729. The molecule has 4 nitrogen and oxygen atoms in total. The third-order valence-electron chi connectivity index (χ3n) is 4.64. The van der Waals surface area contributed by atoms with E-state index in [1.54, 1.807) is 0 Å². The zero-order valence-electron chi connectivity index (χ0n) is 14.1. The molecule has 132 valence electrons. The molecule has 5 heteroatoms. The predicted octanol–water partition coefficient (Wildman–Crippen LogP) is 4.11. The molecule has 0 saturated carbocycles. The van der Waals surface area contributed by atoms with Crippen molar-refractivity contribution in [3.05, 3.63) is 58.6 Å². The van der Waals surface area contributed by atoms with Gasteiger partial charge in [-0.2, -0.15) is 0 Å². The SMILES string of the molecule is Clc1cccc2c1CN(CC1COCCOC1)Cc1ccccc1O2. The molecule has 25 heavy (non-hydrogen) atoms. The van der Waals surface area contributed by atoms with Gasteiger partial charge in [-0.25, -0.2) is 0 Å². The molecule has 4 rings (SSSR count). The van der Waals surface area contributed by atoms with E-state index in [4.69, 9.17) is 25.8 Å². The zero-order valence-corrected chi connectivity index (χ0v) is 14.9. The molecule has 2 heterocycles. The average Bonchev–Trinajstić information content (AvgIpc) is 2.86. The molecular formula is C20H22ClNO3. The average molecular weight is 360 g/mol. The second-order valence-electron chi connectivity index (χ2n) is 6.61. The maximum Gasteiger partial charge on any atom is 0.133 e. The summed E-state index contributed by atoms with van der Waals surface area (Å²) >= 11 is 6.47. The highest BCUT2D eigenvalue weighted by Gasteiger charge is 2.23. The Balaban J connectivity index is 1.64. The number of para-hydroxylation sites is 1. The van der Waals surface area contributed by atoms with Gasteiger partial charge in [0.2, 0.25) is 0 Å². The summed E-state index contributed by atoms with van der Waals surface area (Å²) in [7, 11) is 0. The van der Waals surface area contributed by atoms with Crippen LogP contribution in [0.2, 0.25) is 5.02 Å². The van der Waals surface area contributed by atoms with Crippen molar-refractivity contribution in [1.29, 1.82) is 0 Å². The van der Waals surface area contributed by atoms with E-state index in [9.17, 15) is 0 Å². The number of rotatable bonds is 2. The summed E-state index contributed by atoms with van der Waals surface area (Å²) in [5.74, 6) is 2.09. The topological polar surface area (TPSA) is 30.9 Å². The van der Waals surface area contributed by atoms with Crippen LogP contribution in [0.5, 0.6) is 11.5 Å². The molecule has 0 aromatic heterocycles. The number of hydrogen-bond acceptors (Lipinski definition) is 4. The maximum atomic E-state index is 6.47. The highest BCUT2D eigenvalue weighted by Crippen LogP contribution is 2.36. The molecule has 2 aromatic carbocycles. The van der Waals surface area contributed by atoms with Crippen molar-refractivity contribution in [3.63, 3.8) is 0 Å². The second kappa shape index (κ2) is 7.75. The Morgan fingerprint density at radius 1 is 0.920 bits per heavy atom. The standard InChI is InChI=1S/C20H22ClNO3/c21-18-5-3-7-20-17(18)12-22(10-15-13-23-8-9-24-14-15)11-16-4-1-2-6-19(16)25-20/h1-7,15H,8-14H2. The van der Waals surface area contributed by atoms with Crippen molar-refractivity contribution in [1.82, 2.24) is 4.90 Å². The van der Waals surface area contributed by atoms with Gasteiger partial charge < -0.3 is 14.2 Å². The van der Waals surface area contributed by atoms with Crippen LogP contribution in [0.1, 0.15) is 11.1 Å². The summed E-state index contributed by atoms with van der Waals surface area (Å²) < 4.78 is 17.5. The Hall–Kier alpha value is -1.59. The van der Waals surface area contributed by atoms with Gasteiger partial charge in [-0.05, 0) is 18.2 Å². The van der Waals surface area contributed by atoms with Crippen LogP contribution < -0.4 is 4.74 Å². The predicted molar refractivity (Wildman–Crippen MR) is 97.2 cm³/mol. The third-order valence-corrected chi connectivity index (χ3v) is 4.99. The molecule has 0 unspecified atom stereocenters. The fraction of sp³-hybridized carbons (Fsp3) is 0.400. The summed E-state index contributed by atoms with van der Waals surface area (Å²) in [5, 5.41) is 0.746. The summed E-state index contributed by atoms with van der Waals surface area (Å²) in [4.78, 5) is 2.41. The van der Waals surface area contributed by atoms with E-state index >= 15 is 0 Å². The van der Waals surface area contributed by atoms with Crippen molar-refractivity contribution in [2.24, 2.45) is 5.92 Å². The highest BCUT2D eigenvalue weighted by atomic mass is 35.5. The first-order chi connectivity index (χ1) is 12.3. The molecule has 2 aliphatic heterocycles. The maximum absolute atomic E-state index is 6.47. The van der Waals surface area contributed by atoms with E-state index in [-0.39, 0.29) is 0 Å². The van der Waals surface area contributed by atoms with E-state index in [1.807, 2.05) is 30.3 Å². The molecule has 0 spiro atoms. The van der Waals surface area contributed by atoms with E-state index in [2.05, 4.69) is 17.0 Å². The number of hydrogen-bond donors (Lipinski definition) is 0. The molecule has 2 aliphatic rings. The largest absolute Gasteiger partial charge is 0.457 e. The Morgan fingerprint density at radius 2 is 1.68 bits per heavy atom. The molecule has 1 fully saturated rings. The fourth-order valence-electron chi connectivity index (χ4n) is 3.43. The first-order valence-electron chi connectivity index (χ1n) is 8.70. The van der Waals surface area contributed by atoms with E-state index in [0.29, 0.717) is 19.1 Å². The molecule has 0 amide bonds. The third kappa shape index (κ3) is 3.98. The quantitative estimate of drug-likeness (QED) is 0.807. The number of ether oxygens (including phenoxy) is 3. The minimum absolute atomic E-state index is 0.362. The Labute approximate surface area is 153 Å². The molecule has 1 saturated heterocycles. The summed E-state index contributed by atoms with van der Waals surface area (Å²) in [6.07, 6.45) is 0. The zero-order chi connectivity index (χ0) is 17.1. The number of benzene rings is 2. The monoisotopic (exact) mass is 359 g/mol. The van der Waals surface area contributed by atoms with Crippen molar-refractivity contribution in [2.75, 3.05) is 33.0 Å². The fourth-order valence-corrected chi connectivity index (χ4v) is 3.65. The Morgan fingerprint density at radius 3 is 2.52 bits per heavy atom. The van der Waals surface area contributed by atoms with Gasteiger partial charge >= 0.3 is 0 Å². The molecule has 0 radical (unpaired) electrons. The lowest BCUT2D eigenvalue weighted by molar-refractivity contribution is 0.0974. The Kier molecular flexibility index (Phi) is 5.22. The first kappa shape index (κ1) is 16.9. The minimum Gasteiger partial charge on any atom is -0.457 e. The van der Waals surface area contributed by atoms with Gasteiger partial charge in [-0.3, -0.25) is 4.90 Å². The van der Waals surface area contributed by atoms with Gasteiger partial charge in [0.1, 0.15) is 11.5 Å². The van der Waals surface area contributed by atoms with Gasteiger partial charge in [-0.15, -0.1) is 0 Å². The molecule has 0 N–H and O–H groups in total. The normalized spacial score (nSPS) is 19.1. The van der Waals surface area contributed by atoms with Gasteiger partial charge in [0.15, 0.2) is 0 Å². The summed E-state index contributed by atoms with van der Waals surface area (Å²) in [6, 6.07) is 14.0. The van der Waals surface area contributed by atoms with Crippen LogP contribution in [0.15, 0.2) is 42.5 Å². The van der Waals surface area contributed by atoms with Crippen molar-refractivity contribution >= 4 is 11.6 Å². The number of fused-ring (bicyclic) bond motifs is 2. The molecule has 0 aliphatic carbocycles. The van der Waals surface area contributed by atoms with Gasteiger partial charge in [0.25, 0.3) is 0 Å². The number of nitrogens with zero attached hydrogens (tertiary/aromatic N) is 1. The highest BCUT2D eigenvalue weighted by molar-refractivity contribution is 6.31. The lowest BCUT2D eigenvalue weighted by Crippen LogP contribution is -2.33. The van der Waals surface area contributed by atoms with Crippen LogP contribution in [-0.4, -0.2) is 37.9 Å². The summed E-state index contributed by atoms with van der Waals surface area (Å²) in [6.45, 7) is 5.31. The minimum atomic E-state index is 0.362. The van der Waals surface area contributed by atoms with Gasteiger partial charge in [0, 0.05) is 41.7 Å². The van der Waals surface area contributed by atoms with Crippen molar-refractivity contribution in [2.45, 2.75) is 13.1 Å². The lowest BCUT2D eigenvalue weighted by Gasteiger charge is -2.30. The summed E-state index contributed by atoms with van der Waals surface area (Å²) in [5.41, 5.74) is 2.22. The van der Waals surface area contributed by atoms with Crippen molar-refractivity contribution < 1.29 is 14.2 Å². The molecule has 0 bridgehead atoms. The van der Waals surface area contributed by atoms with E-state index < -0.39 is 0 Å². The number of halogens is 1. The lowest BCUT2D eigenvalue weighted by atomic mass is 10.1. The van der Waals surface area contributed by atoms with Gasteiger partial charge in [-0.1, -0.05) is 35.9 Å². The second-order valence-corrected chi connectivity index (χ2v) is 7.02. The van der Waals surface area contributed by atoms with Crippen LogP contribution in [-0.2, 0) is 22.6 Å². The van der Waals surface area contributed by atoms with Crippen LogP contribution >= 0.6 is 11.6 Å². The molecule has 2 aromatic rings. The van der Waals surface area contributed by atoms with Crippen LogP contribution in [0.4, 0.5) is 0 Å². The van der Waals surface area contributed by atoms with Crippen LogP contribution in [0.25, 0.3) is 0 Å². The molecule has 0 atom stereocenters. The van der Waals surface area contributed by atoms with E-state index in [1.165, 1.54) is 5.56 Å². The van der Waals surface area contributed by atoms with E-state index in [0.717, 1.165) is 54.9 Å². The molecular weight excluding hydrogens is 338 g/mol. The van der Waals surface area contributed by atoms with Crippen LogP contribution in [0, 0.1) is 5.92 Å². The van der Waals surface area contributed by atoms with Crippen LogP contribution in [0.3, 0.4) is 0 Å². The van der Waals surface area contributed by atoms with Crippen molar-refractivity contribution in [3.8, 4) is 11.5 Å². The van der Waals surface area contributed by atoms with Gasteiger partial charge in [0.05, 0.1) is 26.4 Å².